The second-order valence-corrected chi connectivity index (χ2v) is 7.59. The van der Waals surface area contributed by atoms with E-state index in [1.54, 1.807) is 12.1 Å². The Morgan fingerprint density at radius 2 is 2.07 bits per heavy atom. The fourth-order valence-electron chi connectivity index (χ4n) is 3.84. The van der Waals surface area contributed by atoms with Gasteiger partial charge in [0.05, 0.1) is 17.7 Å². The van der Waals surface area contributed by atoms with E-state index in [2.05, 4.69) is 6.07 Å². The molecule has 1 unspecified atom stereocenters. The van der Waals surface area contributed by atoms with Crippen molar-refractivity contribution >= 4 is 11.9 Å². The molecule has 0 spiro atoms. The van der Waals surface area contributed by atoms with Gasteiger partial charge in [0.1, 0.15) is 0 Å². The minimum atomic E-state index is -0.757. The molecule has 0 aromatic heterocycles. The summed E-state index contributed by atoms with van der Waals surface area (Å²) in [5, 5.41) is 28.0. The molecule has 1 saturated heterocycles. The number of hydrogen-bond acceptors (Lipinski definition) is 4. The van der Waals surface area contributed by atoms with Gasteiger partial charge >= 0.3 is 5.97 Å². The monoisotopic (exact) mass is 386 g/mol. The van der Waals surface area contributed by atoms with Crippen molar-refractivity contribution in [2.45, 2.75) is 76.4 Å². The molecule has 1 aliphatic heterocycles. The van der Waals surface area contributed by atoms with Gasteiger partial charge < -0.3 is 15.1 Å². The van der Waals surface area contributed by atoms with E-state index < -0.39 is 12.1 Å². The summed E-state index contributed by atoms with van der Waals surface area (Å²) in [5.41, 5.74) is 1.55. The average Bonchev–Trinajstić information content (AvgIpc) is 3.02. The van der Waals surface area contributed by atoms with Crippen LogP contribution in [-0.2, 0) is 16.0 Å². The SMILES string of the molecule is N#Cc1cccc(CC(O)CC[C@H]2CCC(=O)N2CCCCCCC(=O)O)c1. The van der Waals surface area contributed by atoms with Crippen molar-refractivity contribution in [2.24, 2.45) is 0 Å². The zero-order valence-corrected chi connectivity index (χ0v) is 16.3. The second-order valence-electron chi connectivity index (χ2n) is 7.59. The summed E-state index contributed by atoms with van der Waals surface area (Å²) in [7, 11) is 0. The molecule has 0 bridgehead atoms. The summed E-state index contributed by atoms with van der Waals surface area (Å²) in [5.74, 6) is -0.570. The van der Waals surface area contributed by atoms with Crippen LogP contribution in [0.4, 0.5) is 0 Å². The summed E-state index contributed by atoms with van der Waals surface area (Å²) in [6, 6.07) is 9.60. The normalized spacial score (nSPS) is 17.5. The van der Waals surface area contributed by atoms with Crippen molar-refractivity contribution in [3.8, 4) is 6.07 Å². The third-order valence-electron chi connectivity index (χ3n) is 5.35. The van der Waals surface area contributed by atoms with E-state index in [1.807, 2.05) is 17.0 Å². The van der Waals surface area contributed by atoms with Crippen LogP contribution in [0.3, 0.4) is 0 Å². The van der Waals surface area contributed by atoms with Crippen molar-refractivity contribution in [3.63, 3.8) is 0 Å². The van der Waals surface area contributed by atoms with Crippen LogP contribution in [0.1, 0.15) is 68.9 Å². The molecular weight excluding hydrogens is 356 g/mol. The molecule has 6 heteroatoms. The van der Waals surface area contributed by atoms with Gasteiger partial charge in [-0.1, -0.05) is 25.0 Å². The Bertz CT molecular complexity index is 698. The van der Waals surface area contributed by atoms with Gasteiger partial charge in [0.2, 0.25) is 5.91 Å². The van der Waals surface area contributed by atoms with Gasteiger partial charge in [-0.15, -0.1) is 0 Å². The standard InChI is InChI=1S/C22H30N2O4/c23-16-18-7-5-6-17(14-18)15-20(25)11-9-19-10-12-21(26)24(19)13-4-2-1-3-8-22(27)28/h5-7,14,19-20,25H,1-4,8-13,15H2,(H,27,28)/t19-,20?/m0/s1. The average molecular weight is 386 g/mol. The van der Waals surface area contributed by atoms with E-state index in [9.17, 15) is 14.7 Å². The number of rotatable bonds is 12. The smallest absolute Gasteiger partial charge is 0.303 e. The fourth-order valence-corrected chi connectivity index (χ4v) is 3.84. The zero-order chi connectivity index (χ0) is 20.4. The first kappa shape index (κ1) is 21.9. The quantitative estimate of drug-likeness (QED) is 0.537. The number of carboxylic acids is 1. The molecule has 1 aromatic rings. The molecule has 2 rings (SSSR count). The Morgan fingerprint density at radius 3 is 2.82 bits per heavy atom. The topological polar surface area (TPSA) is 102 Å². The molecule has 28 heavy (non-hydrogen) atoms. The lowest BCUT2D eigenvalue weighted by Crippen LogP contribution is -2.34. The summed E-state index contributed by atoms with van der Waals surface area (Å²) in [4.78, 5) is 24.6. The largest absolute Gasteiger partial charge is 0.481 e. The first-order valence-electron chi connectivity index (χ1n) is 10.2. The van der Waals surface area contributed by atoms with E-state index >= 15 is 0 Å². The highest BCUT2D eigenvalue weighted by Gasteiger charge is 2.30. The number of benzene rings is 1. The molecule has 0 aliphatic carbocycles. The lowest BCUT2D eigenvalue weighted by Gasteiger charge is -2.25. The van der Waals surface area contributed by atoms with Gasteiger partial charge in [-0.3, -0.25) is 9.59 Å². The van der Waals surface area contributed by atoms with Gasteiger partial charge in [-0.25, -0.2) is 0 Å². The van der Waals surface area contributed by atoms with E-state index in [4.69, 9.17) is 10.4 Å². The van der Waals surface area contributed by atoms with Gasteiger partial charge in [0.25, 0.3) is 0 Å². The van der Waals surface area contributed by atoms with Gasteiger partial charge in [-0.05, 0) is 56.2 Å². The molecule has 1 fully saturated rings. The first-order chi connectivity index (χ1) is 13.5. The molecule has 1 aromatic carbocycles. The van der Waals surface area contributed by atoms with Crippen molar-refractivity contribution in [1.82, 2.24) is 4.90 Å². The fraction of sp³-hybridized carbons (Fsp3) is 0.591. The minimum absolute atomic E-state index is 0.187. The summed E-state index contributed by atoms with van der Waals surface area (Å²) >= 11 is 0. The van der Waals surface area contributed by atoms with E-state index in [-0.39, 0.29) is 18.4 Å². The van der Waals surface area contributed by atoms with Crippen molar-refractivity contribution in [3.05, 3.63) is 35.4 Å². The number of aliphatic hydroxyl groups excluding tert-OH is 1. The third kappa shape index (κ3) is 7.32. The van der Waals surface area contributed by atoms with E-state index in [1.165, 1.54) is 0 Å². The minimum Gasteiger partial charge on any atom is -0.481 e. The third-order valence-corrected chi connectivity index (χ3v) is 5.35. The Balaban J connectivity index is 1.71. The molecule has 1 heterocycles. The van der Waals surface area contributed by atoms with Crippen LogP contribution in [0.15, 0.2) is 24.3 Å². The number of nitrogens with zero attached hydrogens (tertiary/aromatic N) is 2. The van der Waals surface area contributed by atoms with Gasteiger partial charge in [0, 0.05) is 25.4 Å². The number of nitriles is 1. The summed E-state index contributed by atoms with van der Waals surface area (Å²) in [6.07, 6.45) is 6.45. The van der Waals surface area contributed by atoms with Crippen molar-refractivity contribution in [1.29, 1.82) is 5.26 Å². The maximum Gasteiger partial charge on any atom is 0.303 e. The highest BCUT2D eigenvalue weighted by atomic mass is 16.4. The van der Waals surface area contributed by atoms with Crippen LogP contribution in [-0.4, -0.2) is 45.7 Å². The van der Waals surface area contributed by atoms with E-state index in [0.717, 1.165) is 44.2 Å². The van der Waals surface area contributed by atoms with Crippen LogP contribution in [0.5, 0.6) is 0 Å². The van der Waals surface area contributed by atoms with Gasteiger partial charge in [-0.2, -0.15) is 5.26 Å². The lowest BCUT2D eigenvalue weighted by atomic mass is 9.99. The molecule has 2 atom stereocenters. The number of likely N-dealkylation sites (tertiary alicyclic amines) is 1. The van der Waals surface area contributed by atoms with Crippen LogP contribution in [0.25, 0.3) is 0 Å². The van der Waals surface area contributed by atoms with Gasteiger partial charge in [0.15, 0.2) is 0 Å². The maximum atomic E-state index is 12.2. The Kier molecular flexibility index (Phi) is 8.96. The Hall–Kier alpha value is -2.39. The van der Waals surface area contributed by atoms with E-state index in [0.29, 0.717) is 31.2 Å². The van der Waals surface area contributed by atoms with Crippen LogP contribution in [0, 0.1) is 11.3 Å². The maximum absolute atomic E-state index is 12.2. The molecule has 1 aliphatic rings. The molecule has 1 amide bonds. The summed E-state index contributed by atoms with van der Waals surface area (Å²) in [6.45, 7) is 0.719. The predicted octanol–water partition coefficient (Wildman–Crippen LogP) is 3.27. The summed E-state index contributed by atoms with van der Waals surface area (Å²) < 4.78 is 0. The molecule has 0 radical (unpaired) electrons. The van der Waals surface area contributed by atoms with Crippen LogP contribution in [0.2, 0.25) is 0 Å². The Morgan fingerprint density at radius 1 is 1.29 bits per heavy atom. The zero-order valence-electron chi connectivity index (χ0n) is 16.3. The number of carbonyl (C=O) groups excluding carboxylic acids is 1. The second kappa shape index (κ2) is 11.5. The molecule has 152 valence electrons. The first-order valence-corrected chi connectivity index (χ1v) is 10.2. The number of aliphatic carboxylic acids is 1. The molecule has 0 saturated carbocycles. The highest BCUT2D eigenvalue weighted by Crippen LogP contribution is 2.24. The molecule has 6 nitrogen and oxygen atoms in total. The molecular formula is C22H30N2O4. The molecule has 2 N–H and O–H groups in total. The predicted molar refractivity (Wildman–Crippen MR) is 106 cm³/mol. The van der Waals surface area contributed by atoms with Crippen LogP contribution < -0.4 is 0 Å². The lowest BCUT2D eigenvalue weighted by molar-refractivity contribution is -0.137. The number of hydrogen-bond donors (Lipinski definition) is 2. The van der Waals surface area contributed by atoms with Crippen molar-refractivity contribution < 1.29 is 19.8 Å². The number of carbonyl (C=O) groups is 2. The number of carboxylic acid groups (broad SMARTS) is 1. The number of aliphatic hydroxyl groups is 1. The number of amides is 1. The highest BCUT2D eigenvalue weighted by molar-refractivity contribution is 5.78. The Labute approximate surface area is 166 Å². The van der Waals surface area contributed by atoms with Crippen LogP contribution >= 0.6 is 0 Å². The number of unbranched alkanes of at least 4 members (excludes halogenated alkanes) is 3. The van der Waals surface area contributed by atoms with Crippen molar-refractivity contribution in [2.75, 3.05) is 6.54 Å².